The molecule has 5 nitrogen and oxygen atoms in total. The second kappa shape index (κ2) is 5.85. The number of rotatable bonds is 3. The van der Waals surface area contributed by atoms with E-state index in [1.54, 1.807) is 7.11 Å². The minimum Gasteiger partial charge on any atom is -0.497 e. The highest BCUT2D eigenvalue weighted by Crippen LogP contribution is 2.24. The smallest absolute Gasteiger partial charge is 0.163 e. The molecule has 0 N–H and O–H groups in total. The van der Waals surface area contributed by atoms with Gasteiger partial charge in [0.05, 0.1) is 19.4 Å². The number of aromatic nitrogens is 3. The fourth-order valence-corrected chi connectivity index (χ4v) is 2.87. The van der Waals surface area contributed by atoms with Gasteiger partial charge in [-0.3, -0.25) is 4.57 Å². The maximum Gasteiger partial charge on any atom is 0.163 e. The van der Waals surface area contributed by atoms with Crippen molar-refractivity contribution in [3.8, 4) is 11.4 Å². The second-order valence-electron chi connectivity index (χ2n) is 5.51. The number of benzene rings is 2. The van der Waals surface area contributed by atoms with E-state index in [-0.39, 0.29) is 0 Å². The van der Waals surface area contributed by atoms with E-state index < -0.39 is 0 Å². The molecule has 116 valence electrons. The van der Waals surface area contributed by atoms with Crippen molar-refractivity contribution in [3.63, 3.8) is 0 Å². The molecule has 0 atom stereocenters. The first kappa shape index (κ1) is 14.0. The Kier molecular flexibility index (Phi) is 3.55. The number of fused-ring (bicyclic) bond motifs is 3. The third-order valence-corrected chi connectivity index (χ3v) is 4.04. The van der Waals surface area contributed by atoms with Crippen LogP contribution in [0.5, 0.6) is 5.75 Å². The highest BCUT2D eigenvalue weighted by atomic mass is 16.5. The summed E-state index contributed by atoms with van der Waals surface area (Å²) >= 11 is 0. The summed E-state index contributed by atoms with van der Waals surface area (Å²) in [6.45, 7) is 1.08. The van der Waals surface area contributed by atoms with Crippen LogP contribution in [0.4, 0.5) is 0 Å². The Morgan fingerprint density at radius 2 is 1.87 bits per heavy atom. The number of methoxy groups -OCH3 is 1. The van der Waals surface area contributed by atoms with Crippen LogP contribution >= 0.6 is 0 Å². The average Bonchev–Trinajstić information content (AvgIpc) is 2.88. The highest BCUT2D eigenvalue weighted by Gasteiger charge is 2.19. The summed E-state index contributed by atoms with van der Waals surface area (Å²) < 4.78 is 13.0. The minimum atomic E-state index is 0.476. The number of para-hydroxylation sites is 1. The maximum absolute atomic E-state index is 5.70. The van der Waals surface area contributed by atoms with Crippen molar-refractivity contribution in [2.45, 2.75) is 19.6 Å². The number of ether oxygens (including phenoxy) is 2. The van der Waals surface area contributed by atoms with Crippen LogP contribution in [-0.2, 0) is 24.4 Å². The Balaban J connectivity index is 1.74. The van der Waals surface area contributed by atoms with Crippen LogP contribution < -0.4 is 4.74 Å². The first-order chi connectivity index (χ1) is 11.3. The minimum absolute atomic E-state index is 0.476. The van der Waals surface area contributed by atoms with Crippen LogP contribution in [0.2, 0.25) is 0 Å². The van der Waals surface area contributed by atoms with Crippen LogP contribution in [0.15, 0.2) is 48.5 Å². The zero-order valence-electron chi connectivity index (χ0n) is 12.9. The maximum atomic E-state index is 5.70. The van der Waals surface area contributed by atoms with E-state index in [2.05, 4.69) is 39.0 Å². The van der Waals surface area contributed by atoms with Gasteiger partial charge in [-0.1, -0.05) is 30.3 Å². The van der Waals surface area contributed by atoms with Crippen LogP contribution in [0.1, 0.15) is 22.8 Å². The Hall–Kier alpha value is -2.66. The van der Waals surface area contributed by atoms with Gasteiger partial charge in [-0.15, -0.1) is 10.2 Å². The topological polar surface area (TPSA) is 49.2 Å². The zero-order valence-corrected chi connectivity index (χ0v) is 12.9. The molecule has 1 aliphatic rings. The largest absolute Gasteiger partial charge is 0.497 e. The Morgan fingerprint density at radius 3 is 2.70 bits per heavy atom. The first-order valence-electron chi connectivity index (χ1n) is 7.57. The van der Waals surface area contributed by atoms with E-state index in [0.717, 1.165) is 28.6 Å². The molecule has 0 bridgehead atoms. The molecule has 4 rings (SSSR count). The molecule has 1 aliphatic heterocycles. The van der Waals surface area contributed by atoms with E-state index in [4.69, 9.17) is 9.47 Å². The van der Waals surface area contributed by atoms with E-state index in [0.29, 0.717) is 19.6 Å². The summed E-state index contributed by atoms with van der Waals surface area (Å²) in [5.41, 5.74) is 3.43. The van der Waals surface area contributed by atoms with Crippen molar-refractivity contribution in [3.05, 3.63) is 71.3 Å². The lowest BCUT2D eigenvalue weighted by Gasteiger charge is -2.11. The summed E-state index contributed by atoms with van der Waals surface area (Å²) in [4.78, 5) is 0. The summed E-state index contributed by atoms with van der Waals surface area (Å²) in [5.74, 6) is 2.62. The van der Waals surface area contributed by atoms with Crippen LogP contribution in [0.25, 0.3) is 5.69 Å². The lowest BCUT2D eigenvalue weighted by molar-refractivity contribution is 0.105. The molecule has 0 saturated heterocycles. The van der Waals surface area contributed by atoms with Crippen molar-refractivity contribution in [1.29, 1.82) is 0 Å². The molecule has 0 amide bonds. The van der Waals surface area contributed by atoms with Gasteiger partial charge in [-0.05, 0) is 23.8 Å². The normalized spacial score (nSPS) is 13.1. The molecule has 0 unspecified atom stereocenters. The highest BCUT2D eigenvalue weighted by molar-refractivity contribution is 5.43. The molecule has 0 aliphatic carbocycles. The Morgan fingerprint density at radius 1 is 1.04 bits per heavy atom. The van der Waals surface area contributed by atoms with Crippen molar-refractivity contribution < 1.29 is 9.47 Å². The quantitative estimate of drug-likeness (QED) is 0.746. The molecule has 5 heteroatoms. The Labute approximate surface area is 134 Å². The molecule has 3 aromatic rings. The third-order valence-electron chi connectivity index (χ3n) is 4.04. The van der Waals surface area contributed by atoms with E-state index in [9.17, 15) is 0 Å². The van der Waals surface area contributed by atoms with Crippen molar-refractivity contribution in [2.24, 2.45) is 0 Å². The standard InChI is InChI=1S/C18H17N3O2/c1-22-15-8-6-13(7-9-15)10-17-19-20-18-12-23-11-14-4-2-3-5-16(14)21(17)18/h2-9H,10-12H2,1H3. The van der Waals surface area contributed by atoms with Gasteiger partial charge in [0, 0.05) is 12.0 Å². The Bertz CT molecular complexity index is 825. The lowest BCUT2D eigenvalue weighted by Crippen LogP contribution is -2.06. The summed E-state index contributed by atoms with van der Waals surface area (Å²) in [6.07, 6.45) is 0.714. The van der Waals surface area contributed by atoms with Gasteiger partial charge >= 0.3 is 0 Å². The fourth-order valence-electron chi connectivity index (χ4n) is 2.87. The molecular weight excluding hydrogens is 290 g/mol. The van der Waals surface area contributed by atoms with Crippen molar-refractivity contribution in [1.82, 2.24) is 14.8 Å². The van der Waals surface area contributed by atoms with E-state index >= 15 is 0 Å². The van der Waals surface area contributed by atoms with Gasteiger partial charge < -0.3 is 9.47 Å². The molecule has 0 fully saturated rings. The summed E-state index contributed by atoms with van der Waals surface area (Å²) in [6, 6.07) is 16.3. The van der Waals surface area contributed by atoms with Gasteiger partial charge in [0.25, 0.3) is 0 Å². The second-order valence-corrected chi connectivity index (χ2v) is 5.51. The van der Waals surface area contributed by atoms with Gasteiger partial charge in [0.2, 0.25) is 0 Å². The molecule has 23 heavy (non-hydrogen) atoms. The predicted molar refractivity (Wildman–Crippen MR) is 85.7 cm³/mol. The van der Waals surface area contributed by atoms with Crippen molar-refractivity contribution >= 4 is 0 Å². The summed E-state index contributed by atoms with van der Waals surface area (Å²) in [5, 5.41) is 8.69. The van der Waals surface area contributed by atoms with Crippen LogP contribution in [0, 0.1) is 0 Å². The van der Waals surface area contributed by atoms with Gasteiger partial charge in [0.15, 0.2) is 5.82 Å². The van der Waals surface area contributed by atoms with E-state index in [1.165, 1.54) is 5.56 Å². The predicted octanol–water partition coefficient (Wildman–Crippen LogP) is 2.90. The number of hydrogen-bond acceptors (Lipinski definition) is 4. The molecule has 2 aromatic carbocycles. The van der Waals surface area contributed by atoms with Crippen LogP contribution in [-0.4, -0.2) is 21.9 Å². The number of nitrogens with zero attached hydrogens (tertiary/aromatic N) is 3. The fraction of sp³-hybridized carbons (Fsp3) is 0.222. The lowest BCUT2D eigenvalue weighted by atomic mass is 10.1. The van der Waals surface area contributed by atoms with Crippen LogP contribution in [0.3, 0.4) is 0 Å². The molecular formula is C18H17N3O2. The number of hydrogen-bond donors (Lipinski definition) is 0. The molecule has 0 spiro atoms. The SMILES string of the molecule is COc1ccc(Cc2nnc3n2-c2ccccc2COC3)cc1. The molecule has 0 radical (unpaired) electrons. The monoisotopic (exact) mass is 307 g/mol. The third kappa shape index (κ3) is 2.59. The zero-order chi connectivity index (χ0) is 15.6. The summed E-state index contributed by atoms with van der Waals surface area (Å²) in [7, 11) is 1.67. The molecule has 2 heterocycles. The average molecular weight is 307 g/mol. The van der Waals surface area contributed by atoms with Gasteiger partial charge in [0.1, 0.15) is 18.2 Å². The van der Waals surface area contributed by atoms with E-state index in [1.807, 2.05) is 24.3 Å². The molecule has 0 saturated carbocycles. The van der Waals surface area contributed by atoms with Gasteiger partial charge in [-0.2, -0.15) is 0 Å². The van der Waals surface area contributed by atoms with Crippen molar-refractivity contribution in [2.75, 3.05) is 7.11 Å². The first-order valence-corrected chi connectivity index (χ1v) is 7.57. The molecule has 1 aromatic heterocycles. The van der Waals surface area contributed by atoms with Gasteiger partial charge in [-0.25, -0.2) is 0 Å².